The van der Waals surface area contributed by atoms with Gasteiger partial charge in [-0.1, -0.05) is 12.1 Å². The maximum absolute atomic E-state index is 14.4. The summed E-state index contributed by atoms with van der Waals surface area (Å²) in [5.74, 6) is -1.21. The molecule has 0 heterocycles. The first-order valence-electron chi connectivity index (χ1n) is 7.45. The molecule has 0 unspecified atom stereocenters. The number of nitro groups is 1. The molecule has 0 saturated heterocycles. The minimum atomic E-state index is -0.660. The van der Waals surface area contributed by atoms with E-state index in [0.29, 0.717) is 11.8 Å². The van der Waals surface area contributed by atoms with Crippen LogP contribution in [-0.4, -0.2) is 11.2 Å². The van der Waals surface area contributed by atoms with Crippen molar-refractivity contribution in [1.82, 2.24) is 0 Å². The fraction of sp³-hybridized carbons (Fsp3) is 0. The van der Waals surface area contributed by atoms with E-state index in [2.05, 4.69) is 0 Å². The van der Waals surface area contributed by atoms with E-state index < -0.39 is 16.6 Å². The highest BCUT2D eigenvalue weighted by Crippen LogP contribution is 2.34. The molecule has 0 atom stereocenters. The lowest BCUT2D eigenvalue weighted by Crippen LogP contribution is -1.95. The largest absolute Gasteiger partial charge is 0.450 e. The van der Waals surface area contributed by atoms with Gasteiger partial charge in [-0.2, -0.15) is 0 Å². The molecule has 5 nitrogen and oxygen atoms in total. The number of halogens is 2. The van der Waals surface area contributed by atoms with Crippen LogP contribution < -0.4 is 4.74 Å². The summed E-state index contributed by atoms with van der Waals surface area (Å²) in [7, 11) is 0. The van der Waals surface area contributed by atoms with Crippen LogP contribution in [0.15, 0.2) is 60.7 Å². The van der Waals surface area contributed by atoms with E-state index in [1.54, 1.807) is 0 Å². The summed E-state index contributed by atoms with van der Waals surface area (Å²) in [4.78, 5) is 21.3. The van der Waals surface area contributed by atoms with Gasteiger partial charge in [0.25, 0.3) is 0 Å². The third-order valence-electron chi connectivity index (χ3n) is 3.64. The van der Waals surface area contributed by atoms with Crippen molar-refractivity contribution < 1.29 is 23.2 Å². The van der Waals surface area contributed by atoms with Gasteiger partial charge in [0.15, 0.2) is 0 Å². The molecule has 0 radical (unpaired) electrons. The van der Waals surface area contributed by atoms with Crippen molar-refractivity contribution in [2.75, 3.05) is 0 Å². The van der Waals surface area contributed by atoms with E-state index in [1.165, 1.54) is 48.5 Å². The zero-order chi connectivity index (χ0) is 18.7. The third-order valence-corrected chi connectivity index (χ3v) is 3.64. The molecule has 0 aliphatic heterocycles. The van der Waals surface area contributed by atoms with Gasteiger partial charge >= 0.3 is 5.69 Å². The minimum absolute atomic E-state index is 0.0273. The van der Waals surface area contributed by atoms with Gasteiger partial charge in [-0.15, -0.1) is 0 Å². The van der Waals surface area contributed by atoms with Gasteiger partial charge in [0.1, 0.15) is 23.7 Å². The molecule has 26 heavy (non-hydrogen) atoms. The van der Waals surface area contributed by atoms with Crippen molar-refractivity contribution in [3.8, 4) is 22.6 Å². The Morgan fingerprint density at radius 2 is 1.69 bits per heavy atom. The van der Waals surface area contributed by atoms with E-state index in [0.717, 1.165) is 12.1 Å². The zero-order valence-corrected chi connectivity index (χ0v) is 13.2. The van der Waals surface area contributed by atoms with E-state index in [1.807, 2.05) is 0 Å². The summed E-state index contributed by atoms with van der Waals surface area (Å²) >= 11 is 0. The first-order chi connectivity index (χ1) is 12.5. The van der Waals surface area contributed by atoms with E-state index >= 15 is 0 Å². The number of hydrogen-bond donors (Lipinski definition) is 0. The van der Waals surface area contributed by atoms with Gasteiger partial charge in [-0.3, -0.25) is 14.9 Å². The van der Waals surface area contributed by atoms with Crippen LogP contribution in [0.5, 0.6) is 11.5 Å². The number of hydrogen-bond acceptors (Lipinski definition) is 4. The molecular weight excluding hydrogens is 344 g/mol. The average Bonchev–Trinajstić information content (AvgIpc) is 2.62. The molecule has 0 aromatic heterocycles. The third kappa shape index (κ3) is 3.56. The van der Waals surface area contributed by atoms with Crippen molar-refractivity contribution in [3.63, 3.8) is 0 Å². The van der Waals surface area contributed by atoms with Gasteiger partial charge in [0.2, 0.25) is 5.75 Å². The van der Waals surface area contributed by atoms with Gasteiger partial charge in [0, 0.05) is 23.3 Å². The molecule has 130 valence electrons. The quantitative estimate of drug-likeness (QED) is 0.361. The second-order valence-electron chi connectivity index (χ2n) is 5.35. The van der Waals surface area contributed by atoms with E-state index in [4.69, 9.17) is 4.74 Å². The Morgan fingerprint density at radius 3 is 2.31 bits per heavy atom. The molecule has 0 aliphatic rings. The SMILES string of the molecule is O=Cc1ccc([N+](=O)[O-])c(Oc2ccc(-c3ccc(F)cc3)c(F)c2)c1. The predicted molar refractivity (Wildman–Crippen MR) is 90.4 cm³/mol. The summed E-state index contributed by atoms with van der Waals surface area (Å²) in [5, 5.41) is 11.1. The Bertz CT molecular complexity index is 987. The zero-order valence-electron chi connectivity index (χ0n) is 13.2. The first kappa shape index (κ1) is 17.2. The van der Waals surface area contributed by atoms with Crippen LogP contribution in [0.3, 0.4) is 0 Å². The van der Waals surface area contributed by atoms with Gasteiger partial charge < -0.3 is 4.74 Å². The average molecular weight is 355 g/mol. The first-order valence-corrected chi connectivity index (χ1v) is 7.45. The Balaban J connectivity index is 1.94. The normalized spacial score (nSPS) is 10.4. The lowest BCUT2D eigenvalue weighted by atomic mass is 10.1. The van der Waals surface area contributed by atoms with Gasteiger partial charge in [-0.25, -0.2) is 8.78 Å². The number of aldehydes is 1. The van der Waals surface area contributed by atoms with Crippen molar-refractivity contribution in [2.24, 2.45) is 0 Å². The fourth-order valence-corrected chi connectivity index (χ4v) is 2.39. The summed E-state index contributed by atoms with van der Waals surface area (Å²) < 4.78 is 32.8. The molecule has 0 N–H and O–H groups in total. The molecule has 0 fully saturated rings. The number of rotatable bonds is 5. The molecule has 0 saturated carbocycles. The highest BCUT2D eigenvalue weighted by Gasteiger charge is 2.17. The van der Waals surface area contributed by atoms with Crippen LogP contribution in [0, 0.1) is 21.7 Å². The van der Waals surface area contributed by atoms with Gasteiger partial charge in [0.05, 0.1) is 4.92 Å². The molecule has 0 bridgehead atoms. The molecule has 0 aliphatic carbocycles. The smallest absolute Gasteiger partial charge is 0.311 e. The molecule has 0 amide bonds. The van der Waals surface area contributed by atoms with Crippen LogP contribution in [0.4, 0.5) is 14.5 Å². The summed E-state index contributed by atoms with van der Waals surface area (Å²) in [5.41, 5.74) is 0.547. The topological polar surface area (TPSA) is 69.4 Å². The van der Waals surface area contributed by atoms with E-state index in [9.17, 15) is 23.7 Å². The van der Waals surface area contributed by atoms with Crippen LogP contribution in [0.1, 0.15) is 10.4 Å². The van der Waals surface area contributed by atoms with Gasteiger partial charge in [-0.05, 0) is 42.0 Å². The summed E-state index contributed by atoms with van der Waals surface area (Å²) in [6, 6.07) is 12.9. The van der Waals surface area contributed by atoms with Crippen LogP contribution in [0.2, 0.25) is 0 Å². The van der Waals surface area contributed by atoms with Crippen molar-refractivity contribution >= 4 is 12.0 Å². The minimum Gasteiger partial charge on any atom is -0.450 e. The molecular formula is C19H11F2NO4. The fourth-order valence-electron chi connectivity index (χ4n) is 2.39. The predicted octanol–water partition coefficient (Wildman–Crippen LogP) is 5.14. The van der Waals surface area contributed by atoms with Crippen molar-refractivity contribution in [2.45, 2.75) is 0 Å². The Kier molecular flexibility index (Phi) is 4.70. The number of carbonyl (C=O) groups excluding carboxylic acids is 1. The van der Waals surface area contributed by atoms with Crippen molar-refractivity contribution in [1.29, 1.82) is 0 Å². The number of carbonyl (C=O) groups is 1. The Labute approximate surface area is 146 Å². The summed E-state index contributed by atoms with van der Waals surface area (Å²) in [6.45, 7) is 0. The Hall–Kier alpha value is -3.61. The maximum Gasteiger partial charge on any atom is 0.311 e. The lowest BCUT2D eigenvalue weighted by molar-refractivity contribution is -0.385. The number of nitro benzene ring substituents is 1. The number of ether oxygens (including phenoxy) is 1. The molecule has 3 rings (SSSR count). The molecule has 3 aromatic carbocycles. The standard InChI is InChI=1S/C19H11F2NO4/c20-14-4-2-13(3-5-14)16-7-6-15(10-17(16)21)26-19-9-12(11-23)1-8-18(19)22(24)25/h1-11H. The summed E-state index contributed by atoms with van der Waals surface area (Å²) in [6.07, 6.45) is 0.523. The van der Waals surface area contributed by atoms with Crippen molar-refractivity contribution in [3.05, 3.63) is 88.0 Å². The molecule has 3 aromatic rings. The second kappa shape index (κ2) is 7.10. The van der Waals surface area contributed by atoms with Crippen LogP contribution >= 0.6 is 0 Å². The molecule has 7 heteroatoms. The highest BCUT2D eigenvalue weighted by molar-refractivity contribution is 5.77. The Morgan fingerprint density at radius 1 is 0.962 bits per heavy atom. The monoisotopic (exact) mass is 355 g/mol. The lowest BCUT2D eigenvalue weighted by Gasteiger charge is -2.09. The number of benzene rings is 3. The highest BCUT2D eigenvalue weighted by atomic mass is 19.1. The second-order valence-corrected chi connectivity index (χ2v) is 5.35. The molecule has 0 spiro atoms. The van der Waals surface area contributed by atoms with Crippen LogP contribution in [-0.2, 0) is 0 Å². The maximum atomic E-state index is 14.4. The van der Waals surface area contributed by atoms with E-state index in [-0.39, 0.29) is 28.3 Å². The number of nitrogens with zero attached hydrogens (tertiary/aromatic N) is 1. The van der Waals surface area contributed by atoms with Crippen LogP contribution in [0.25, 0.3) is 11.1 Å².